The number of methoxy groups -OCH3 is 1. The first-order valence-electron chi connectivity index (χ1n) is 6.03. The number of thioether (sulfide) groups is 2. The molecule has 1 unspecified atom stereocenters. The van der Waals surface area contributed by atoms with Gasteiger partial charge >= 0.3 is 5.97 Å². The van der Waals surface area contributed by atoms with E-state index in [1.165, 1.54) is 42.0 Å². The second kappa shape index (κ2) is 7.26. The van der Waals surface area contributed by atoms with Crippen molar-refractivity contribution in [1.29, 1.82) is 0 Å². The molecule has 0 bridgehead atoms. The topological polar surface area (TPSA) is 78.1 Å². The number of hydrogen-bond acceptors (Lipinski definition) is 8. The summed E-state index contributed by atoms with van der Waals surface area (Å²) in [6.07, 6.45) is 1.95. The fraction of sp³-hybridized carbons (Fsp3) is 0.308. The maximum Gasteiger partial charge on any atom is 0.331 e. The predicted molar refractivity (Wildman–Crippen MR) is 86.7 cm³/mol. The van der Waals surface area contributed by atoms with Crippen LogP contribution in [0.2, 0.25) is 0 Å². The lowest BCUT2D eigenvalue weighted by molar-refractivity contribution is -0.146. The Kier molecular flexibility index (Phi) is 5.63. The van der Waals surface area contributed by atoms with E-state index in [-0.39, 0.29) is 0 Å². The van der Waals surface area contributed by atoms with Gasteiger partial charge in [-0.15, -0.1) is 10.2 Å². The van der Waals surface area contributed by atoms with Crippen molar-refractivity contribution in [3.63, 3.8) is 0 Å². The van der Waals surface area contributed by atoms with Gasteiger partial charge in [-0.1, -0.05) is 65.2 Å². The van der Waals surface area contributed by atoms with Crippen LogP contribution in [0.5, 0.6) is 0 Å². The van der Waals surface area contributed by atoms with Crippen LogP contribution in [-0.4, -0.2) is 35.3 Å². The number of benzene rings is 1. The molecule has 1 aromatic heterocycles. The Labute approximate surface area is 135 Å². The first kappa shape index (κ1) is 16.3. The van der Waals surface area contributed by atoms with Crippen LogP contribution in [0.15, 0.2) is 39.0 Å². The highest BCUT2D eigenvalue weighted by molar-refractivity contribution is 8.03. The van der Waals surface area contributed by atoms with Crippen LogP contribution < -0.4 is 5.73 Å². The normalized spacial score (nSPS) is 13.7. The summed E-state index contributed by atoms with van der Waals surface area (Å²) in [5.41, 5.74) is 5.84. The molecule has 1 heterocycles. The van der Waals surface area contributed by atoms with Crippen molar-refractivity contribution in [1.82, 2.24) is 10.2 Å². The van der Waals surface area contributed by atoms with Gasteiger partial charge in [-0.3, -0.25) is 0 Å². The van der Waals surface area contributed by atoms with E-state index in [0.717, 1.165) is 14.2 Å². The molecule has 2 rings (SSSR count). The third kappa shape index (κ3) is 3.76. The summed E-state index contributed by atoms with van der Waals surface area (Å²) in [5.74, 6) is -0.122. The molecule has 0 aliphatic carbocycles. The van der Waals surface area contributed by atoms with Gasteiger partial charge in [0.25, 0.3) is 0 Å². The molecule has 21 heavy (non-hydrogen) atoms. The lowest BCUT2D eigenvalue weighted by Crippen LogP contribution is -2.48. The van der Waals surface area contributed by atoms with E-state index in [4.69, 9.17) is 10.5 Å². The zero-order chi connectivity index (χ0) is 15.3. The number of rotatable bonds is 6. The van der Waals surface area contributed by atoms with Gasteiger partial charge in [0.2, 0.25) is 0 Å². The molecule has 1 aromatic carbocycles. The predicted octanol–water partition coefficient (Wildman–Crippen LogP) is 2.38. The van der Waals surface area contributed by atoms with Crippen molar-refractivity contribution in [2.24, 2.45) is 5.73 Å². The Bertz CT molecular complexity index is 606. The highest BCUT2D eigenvalue weighted by atomic mass is 32.2. The summed E-state index contributed by atoms with van der Waals surface area (Å²) < 4.78 is 6.54. The number of hydrogen-bond donors (Lipinski definition) is 1. The van der Waals surface area contributed by atoms with E-state index in [1.54, 1.807) is 0 Å². The third-order valence-electron chi connectivity index (χ3n) is 2.82. The molecular formula is C13H15N3O2S3. The monoisotopic (exact) mass is 341 g/mol. The van der Waals surface area contributed by atoms with Gasteiger partial charge < -0.3 is 10.5 Å². The molecule has 0 saturated heterocycles. The van der Waals surface area contributed by atoms with Gasteiger partial charge in [0.1, 0.15) is 5.54 Å². The number of nitrogens with zero attached hydrogens (tertiary/aromatic N) is 2. The Balaban J connectivity index is 2.19. The van der Waals surface area contributed by atoms with E-state index in [9.17, 15) is 4.79 Å². The maximum atomic E-state index is 12.1. The van der Waals surface area contributed by atoms with Crippen LogP contribution in [0.3, 0.4) is 0 Å². The highest BCUT2D eigenvalue weighted by Crippen LogP contribution is 2.32. The first-order chi connectivity index (χ1) is 10.1. The number of aromatic nitrogens is 2. The van der Waals surface area contributed by atoms with E-state index in [2.05, 4.69) is 10.2 Å². The molecule has 2 N–H and O–H groups in total. The average molecular weight is 341 g/mol. The zero-order valence-corrected chi connectivity index (χ0v) is 14.1. The Hall–Kier alpha value is -1.09. The lowest BCUT2D eigenvalue weighted by atomic mass is 9.93. The van der Waals surface area contributed by atoms with Crippen LogP contribution in [0.25, 0.3) is 0 Å². The molecule has 0 saturated carbocycles. The fourth-order valence-electron chi connectivity index (χ4n) is 1.69. The molecule has 0 radical (unpaired) electrons. The van der Waals surface area contributed by atoms with Crippen molar-refractivity contribution in [2.75, 3.05) is 19.1 Å². The Morgan fingerprint density at radius 2 is 2.00 bits per heavy atom. The van der Waals surface area contributed by atoms with Crippen LogP contribution in [0, 0.1) is 0 Å². The van der Waals surface area contributed by atoms with Crippen LogP contribution in [0.4, 0.5) is 0 Å². The van der Waals surface area contributed by atoms with Crippen LogP contribution in [0.1, 0.15) is 5.56 Å². The van der Waals surface area contributed by atoms with E-state index < -0.39 is 11.5 Å². The second-order valence-corrected chi connectivity index (χ2v) is 7.41. The Morgan fingerprint density at radius 1 is 1.33 bits per heavy atom. The quantitative estimate of drug-likeness (QED) is 0.638. The standard InChI is InChI=1S/C13H15N3O2S3/c1-18-10(17)13(14,9-6-4-3-5-7-9)8-20-12-16-15-11(19-2)21-12/h3-7H,8,14H2,1-2H3. The van der Waals surface area contributed by atoms with E-state index in [0.29, 0.717) is 5.75 Å². The smallest absolute Gasteiger partial charge is 0.331 e. The van der Waals surface area contributed by atoms with Gasteiger partial charge in [-0.25, -0.2) is 4.79 Å². The maximum absolute atomic E-state index is 12.1. The molecule has 112 valence electrons. The minimum Gasteiger partial charge on any atom is -0.467 e. The van der Waals surface area contributed by atoms with Crippen molar-refractivity contribution in [2.45, 2.75) is 14.2 Å². The molecule has 0 fully saturated rings. The van der Waals surface area contributed by atoms with E-state index >= 15 is 0 Å². The molecule has 0 aliphatic rings. The second-order valence-electron chi connectivity index (χ2n) is 4.16. The van der Waals surface area contributed by atoms with Gasteiger partial charge in [-0.05, 0) is 11.8 Å². The summed E-state index contributed by atoms with van der Waals surface area (Å²) in [4.78, 5) is 12.1. The SMILES string of the molecule is COC(=O)C(N)(CSc1nnc(SC)s1)c1ccccc1. The Morgan fingerprint density at radius 3 is 2.57 bits per heavy atom. The van der Waals surface area contributed by atoms with Gasteiger partial charge in [0, 0.05) is 5.75 Å². The van der Waals surface area contributed by atoms with Gasteiger partial charge in [0.05, 0.1) is 7.11 Å². The molecule has 2 aromatic rings. The fourth-order valence-corrected chi connectivity index (χ4v) is 4.24. The third-order valence-corrected chi connectivity index (χ3v) is 6.05. The molecule has 8 heteroatoms. The number of carbonyl (C=O) groups is 1. The number of nitrogens with two attached hydrogens (primary N) is 1. The van der Waals surface area contributed by atoms with E-state index in [1.807, 2.05) is 36.6 Å². The largest absolute Gasteiger partial charge is 0.467 e. The molecule has 0 spiro atoms. The van der Waals surface area contributed by atoms with Gasteiger partial charge in [0.15, 0.2) is 8.68 Å². The summed E-state index contributed by atoms with van der Waals surface area (Å²) in [6, 6.07) is 9.22. The lowest BCUT2D eigenvalue weighted by Gasteiger charge is -2.26. The van der Waals surface area contributed by atoms with Crippen molar-refractivity contribution >= 4 is 40.8 Å². The van der Waals surface area contributed by atoms with Crippen molar-refractivity contribution in [3.05, 3.63) is 35.9 Å². The molecule has 1 atom stereocenters. The molecule has 0 amide bonds. The number of esters is 1. The molecular weight excluding hydrogens is 326 g/mol. The van der Waals surface area contributed by atoms with Crippen LogP contribution >= 0.6 is 34.9 Å². The minimum absolute atomic E-state index is 0.340. The first-order valence-corrected chi connectivity index (χ1v) is 9.06. The minimum atomic E-state index is -1.20. The number of ether oxygens (including phenoxy) is 1. The molecule has 5 nitrogen and oxygen atoms in total. The summed E-state index contributed by atoms with van der Waals surface area (Å²) in [6.45, 7) is 0. The summed E-state index contributed by atoms with van der Waals surface area (Å²) in [7, 11) is 1.34. The highest BCUT2D eigenvalue weighted by Gasteiger charge is 2.37. The van der Waals surface area contributed by atoms with Crippen molar-refractivity contribution in [3.8, 4) is 0 Å². The zero-order valence-electron chi connectivity index (χ0n) is 11.6. The van der Waals surface area contributed by atoms with Gasteiger partial charge in [-0.2, -0.15) is 0 Å². The van der Waals surface area contributed by atoms with Crippen molar-refractivity contribution < 1.29 is 9.53 Å². The van der Waals surface area contributed by atoms with Crippen LogP contribution in [-0.2, 0) is 15.1 Å². The number of carbonyl (C=O) groups excluding carboxylic acids is 1. The average Bonchev–Trinajstić information content (AvgIpc) is 3.00. The summed E-state index contributed by atoms with van der Waals surface area (Å²) in [5, 5.41) is 8.10. The molecule has 0 aliphatic heterocycles. The summed E-state index contributed by atoms with van der Waals surface area (Å²) >= 11 is 4.43.